The van der Waals surface area contributed by atoms with Crippen LogP contribution >= 0.6 is 11.8 Å². The molecule has 7 heteroatoms. The number of aromatic nitrogens is 2. The van der Waals surface area contributed by atoms with Crippen LogP contribution in [0.4, 0.5) is 0 Å². The maximum Gasteiger partial charge on any atom is 0.244 e. The minimum atomic E-state index is -0.647. The molecule has 0 bridgehead atoms. The Morgan fingerprint density at radius 3 is 3.10 bits per heavy atom. The summed E-state index contributed by atoms with van der Waals surface area (Å²) in [5.74, 6) is 2.04. The van der Waals surface area contributed by atoms with Crippen molar-refractivity contribution in [1.29, 1.82) is 0 Å². The molecule has 1 aliphatic rings. The molecule has 1 amide bonds. The first-order valence-electron chi connectivity index (χ1n) is 6.74. The predicted octanol–water partition coefficient (Wildman–Crippen LogP) is 0.400. The fraction of sp³-hybridized carbons (Fsp3) is 0.692. The summed E-state index contributed by atoms with van der Waals surface area (Å²) in [6, 6.07) is -0.378. The van der Waals surface area contributed by atoms with Gasteiger partial charge in [-0.25, -0.2) is 0 Å². The summed E-state index contributed by atoms with van der Waals surface area (Å²) in [7, 11) is 3.46. The third kappa shape index (κ3) is 3.53. The summed E-state index contributed by atoms with van der Waals surface area (Å²) in [5.41, 5.74) is 6.86. The maximum atomic E-state index is 12.6. The van der Waals surface area contributed by atoms with Crippen molar-refractivity contribution in [3.63, 3.8) is 0 Å². The Hall–Kier alpha value is -1.05. The second-order valence-electron chi connectivity index (χ2n) is 4.97. The number of hydrogen-bond donors (Lipinski definition) is 1. The molecule has 2 unspecified atom stereocenters. The van der Waals surface area contributed by atoms with Gasteiger partial charge in [0.1, 0.15) is 6.04 Å². The Bertz CT molecular complexity index is 445. The number of carbonyl (C=O) groups is 1. The third-order valence-electron chi connectivity index (χ3n) is 3.52. The number of carbonyl (C=O) groups excluding carboxylic acids is 1. The van der Waals surface area contributed by atoms with Gasteiger partial charge < -0.3 is 15.4 Å². The molecule has 6 nitrogen and oxygen atoms in total. The minimum Gasteiger partial charge on any atom is -0.383 e. The lowest BCUT2D eigenvalue weighted by Crippen LogP contribution is -2.46. The maximum absolute atomic E-state index is 12.6. The fourth-order valence-electron chi connectivity index (χ4n) is 2.35. The summed E-state index contributed by atoms with van der Waals surface area (Å²) >= 11 is 1.88. The van der Waals surface area contributed by atoms with Crippen molar-refractivity contribution in [3.8, 4) is 0 Å². The lowest BCUT2D eigenvalue weighted by Gasteiger charge is -2.30. The number of aryl methyl sites for hydroxylation is 1. The van der Waals surface area contributed by atoms with Gasteiger partial charge in [-0.05, 0) is 12.2 Å². The molecule has 0 saturated carbocycles. The first-order valence-corrected chi connectivity index (χ1v) is 7.90. The van der Waals surface area contributed by atoms with E-state index < -0.39 is 6.04 Å². The van der Waals surface area contributed by atoms with E-state index in [4.69, 9.17) is 10.5 Å². The Kier molecular flexibility index (Phi) is 5.45. The van der Waals surface area contributed by atoms with Gasteiger partial charge in [0.15, 0.2) is 0 Å². The number of ether oxygens (including phenoxy) is 1. The van der Waals surface area contributed by atoms with Crippen LogP contribution in [0, 0.1) is 0 Å². The van der Waals surface area contributed by atoms with E-state index in [2.05, 4.69) is 5.10 Å². The van der Waals surface area contributed by atoms with Crippen LogP contribution in [0.1, 0.15) is 18.0 Å². The first kappa shape index (κ1) is 15.3. The summed E-state index contributed by atoms with van der Waals surface area (Å²) in [5, 5.41) is 4.08. The molecule has 1 aromatic rings. The van der Waals surface area contributed by atoms with Gasteiger partial charge in [-0.2, -0.15) is 16.9 Å². The number of nitrogens with zero attached hydrogens (tertiary/aromatic N) is 3. The average molecular weight is 298 g/mol. The van der Waals surface area contributed by atoms with E-state index >= 15 is 0 Å². The fourth-order valence-corrected chi connectivity index (χ4v) is 3.58. The van der Waals surface area contributed by atoms with Crippen LogP contribution in [-0.2, 0) is 16.6 Å². The summed E-state index contributed by atoms with van der Waals surface area (Å²) < 4.78 is 6.77. The van der Waals surface area contributed by atoms with Gasteiger partial charge in [0.05, 0.1) is 12.8 Å². The van der Waals surface area contributed by atoms with Crippen molar-refractivity contribution >= 4 is 17.7 Å². The largest absolute Gasteiger partial charge is 0.383 e. The number of nitrogens with two attached hydrogens (primary N) is 1. The highest BCUT2D eigenvalue weighted by Crippen LogP contribution is 2.24. The van der Waals surface area contributed by atoms with Crippen molar-refractivity contribution < 1.29 is 9.53 Å². The van der Waals surface area contributed by atoms with Gasteiger partial charge in [0, 0.05) is 44.3 Å². The van der Waals surface area contributed by atoms with E-state index in [9.17, 15) is 4.79 Å². The molecule has 2 N–H and O–H groups in total. The highest BCUT2D eigenvalue weighted by Gasteiger charge is 2.30. The number of thioether (sulfide) groups is 1. The van der Waals surface area contributed by atoms with Crippen LogP contribution in [0.3, 0.4) is 0 Å². The zero-order chi connectivity index (χ0) is 14.5. The molecule has 0 spiro atoms. The SMILES string of the molecule is COCCN(C(=O)C(N)c1cnn(C)c1)C1CCSC1. The molecule has 1 aromatic heterocycles. The van der Waals surface area contributed by atoms with E-state index in [0.29, 0.717) is 13.2 Å². The minimum absolute atomic E-state index is 0.0393. The zero-order valence-corrected chi connectivity index (χ0v) is 12.8. The predicted molar refractivity (Wildman–Crippen MR) is 79.5 cm³/mol. The highest BCUT2D eigenvalue weighted by molar-refractivity contribution is 7.99. The van der Waals surface area contributed by atoms with E-state index in [1.165, 1.54) is 0 Å². The second kappa shape index (κ2) is 7.10. The first-order chi connectivity index (χ1) is 9.63. The highest BCUT2D eigenvalue weighted by atomic mass is 32.2. The third-order valence-corrected chi connectivity index (χ3v) is 4.66. The normalized spacial score (nSPS) is 20.1. The number of rotatable bonds is 6. The van der Waals surface area contributed by atoms with E-state index in [-0.39, 0.29) is 11.9 Å². The molecule has 1 aliphatic heterocycles. The van der Waals surface area contributed by atoms with E-state index in [0.717, 1.165) is 23.5 Å². The van der Waals surface area contributed by atoms with Crippen LogP contribution in [-0.4, -0.2) is 58.4 Å². The van der Waals surface area contributed by atoms with Crippen molar-refractivity contribution in [2.75, 3.05) is 31.8 Å². The zero-order valence-electron chi connectivity index (χ0n) is 12.0. The standard InChI is InChI=1S/C13H22N4O2S/c1-16-8-10(7-15-16)12(14)13(18)17(4-5-19-2)11-3-6-20-9-11/h7-8,11-12H,3-6,9,14H2,1-2H3. The van der Waals surface area contributed by atoms with Gasteiger partial charge in [-0.15, -0.1) is 0 Å². The van der Waals surface area contributed by atoms with Crippen LogP contribution in [0.15, 0.2) is 12.4 Å². The van der Waals surface area contributed by atoms with E-state index in [1.807, 2.05) is 23.7 Å². The van der Waals surface area contributed by atoms with Crippen molar-refractivity contribution in [3.05, 3.63) is 18.0 Å². The lowest BCUT2D eigenvalue weighted by molar-refractivity contribution is -0.135. The summed E-state index contributed by atoms with van der Waals surface area (Å²) in [6.45, 7) is 1.13. The van der Waals surface area contributed by atoms with Crippen LogP contribution in [0.5, 0.6) is 0 Å². The van der Waals surface area contributed by atoms with Crippen molar-refractivity contribution in [2.45, 2.75) is 18.5 Å². The molecule has 0 aromatic carbocycles. The second-order valence-corrected chi connectivity index (χ2v) is 6.12. The number of hydrogen-bond acceptors (Lipinski definition) is 5. The monoisotopic (exact) mass is 298 g/mol. The Morgan fingerprint density at radius 1 is 1.75 bits per heavy atom. The number of amides is 1. The number of methoxy groups -OCH3 is 1. The molecule has 1 saturated heterocycles. The van der Waals surface area contributed by atoms with Crippen LogP contribution in [0.2, 0.25) is 0 Å². The molecule has 112 valence electrons. The van der Waals surface area contributed by atoms with E-state index in [1.54, 1.807) is 24.2 Å². The van der Waals surface area contributed by atoms with Gasteiger partial charge >= 0.3 is 0 Å². The summed E-state index contributed by atoms with van der Waals surface area (Å²) in [6.07, 6.45) is 4.47. The van der Waals surface area contributed by atoms with Gasteiger partial charge in [0.25, 0.3) is 0 Å². The Labute approximate surface area is 123 Å². The topological polar surface area (TPSA) is 73.4 Å². The summed E-state index contributed by atoms with van der Waals surface area (Å²) in [4.78, 5) is 14.5. The molecular weight excluding hydrogens is 276 g/mol. The smallest absolute Gasteiger partial charge is 0.244 e. The van der Waals surface area contributed by atoms with Gasteiger partial charge in [-0.3, -0.25) is 9.48 Å². The molecule has 2 rings (SSSR count). The van der Waals surface area contributed by atoms with Crippen LogP contribution in [0.25, 0.3) is 0 Å². The van der Waals surface area contributed by atoms with Crippen molar-refractivity contribution in [1.82, 2.24) is 14.7 Å². The molecule has 20 heavy (non-hydrogen) atoms. The molecule has 0 radical (unpaired) electrons. The van der Waals surface area contributed by atoms with Crippen molar-refractivity contribution in [2.24, 2.45) is 12.8 Å². The molecular formula is C13H22N4O2S. The van der Waals surface area contributed by atoms with Crippen LogP contribution < -0.4 is 5.73 Å². The molecule has 2 heterocycles. The lowest BCUT2D eigenvalue weighted by atomic mass is 10.1. The van der Waals surface area contributed by atoms with Gasteiger partial charge in [0.2, 0.25) is 5.91 Å². The molecule has 2 atom stereocenters. The Balaban J connectivity index is 2.08. The molecule has 1 fully saturated rings. The quantitative estimate of drug-likeness (QED) is 0.823. The van der Waals surface area contributed by atoms with Gasteiger partial charge in [-0.1, -0.05) is 0 Å². The Morgan fingerprint density at radius 2 is 2.55 bits per heavy atom. The average Bonchev–Trinajstić information content (AvgIpc) is 3.09. The molecule has 0 aliphatic carbocycles.